The van der Waals surface area contributed by atoms with E-state index < -0.39 is 29.3 Å². The fourth-order valence-electron chi connectivity index (χ4n) is 5.35. The number of rotatable bonds is 38. The third-order valence-corrected chi connectivity index (χ3v) is 11.5. The molecule has 62 heavy (non-hydrogen) atoms. The number of nitrogens with zero attached hydrogens (tertiary/aromatic N) is 1. The lowest BCUT2D eigenvalue weighted by molar-refractivity contribution is -0.144. The average molecular weight is 921 g/mol. The number of unbranched alkanes of at least 4 members (excludes halogenated alkanes) is 2. The van der Waals surface area contributed by atoms with Crippen LogP contribution in [0.4, 0.5) is 0 Å². The van der Waals surface area contributed by atoms with Gasteiger partial charge in [-0.2, -0.15) is 0 Å². The van der Waals surface area contributed by atoms with E-state index in [1.165, 1.54) is 23.5 Å². The summed E-state index contributed by atoms with van der Waals surface area (Å²) in [7, 11) is 0. The highest BCUT2D eigenvalue weighted by Gasteiger charge is 2.31. The molecule has 0 spiro atoms. The highest BCUT2D eigenvalue weighted by atomic mass is 32.2. The molecule has 358 valence electrons. The number of amides is 6. The van der Waals surface area contributed by atoms with Gasteiger partial charge in [-0.05, 0) is 42.1 Å². The van der Waals surface area contributed by atoms with Crippen LogP contribution in [0.15, 0.2) is 0 Å². The number of thioether (sulfide) groups is 2. The molecule has 0 aromatic rings. The van der Waals surface area contributed by atoms with E-state index in [2.05, 4.69) is 26.6 Å². The number of hydrogen-bond acceptors (Lipinski definition) is 12. The molecule has 20 heteroatoms. The maximum Gasteiger partial charge on any atom is 0.326 e. The van der Waals surface area contributed by atoms with Gasteiger partial charge in [-0.25, -0.2) is 4.79 Å². The minimum atomic E-state index is -1.16. The standard InChI is InChI=1S/C42H76N6O12S2/c1-30(2)61-28-36(51)44-19-21-48(22-20-45-37(52)29-62-31(3)4)38(53)13-12-34(49)46-27-32(5)15-23-59-25-26-60-24-16-35(50)43-18-10-8-9-11-33(40(56)57)47-41(58)42(6,7)17-14-39(54)55/h30-33H,8-29H2,1-7H3,(H,43,50)(H,44,51)(H,45,52)(H,46,49)(H,47,58)(H,54,55)(H,56,57)/t32?,33-/m0/s1. The van der Waals surface area contributed by atoms with Crippen LogP contribution in [0.1, 0.15) is 113 Å². The second-order valence-electron chi connectivity index (χ2n) is 16.3. The number of carbonyl (C=O) groups excluding carboxylic acids is 6. The third-order valence-electron chi connectivity index (χ3n) is 9.34. The van der Waals surface area contributed by atoms with Gasteiger partial charge >= 0.3 is 11.9 Å². The summed E-state index contributed by atoms with van der Waals surface area (Å²) in [6.45, 7) is 16.4. The van der Waals surface area contributed by atoms with Crippen molar-refractivity contribution in [2.75, 3.05) is 77.2 Å². The molecule has 0 aliphatic carbocycles. The molecule has 0 saturated carbocycles. The Morgan fingerprint density at radius 3 is 1.71 bits per heavy atom. The third kappa shape index (κ3) is 33.0. The molecule has 0 heterocycles. The van der Waals surface area contributed by atoms with E-state index in [0.717, 1.165) is 0 Å². The smallest absolute Gasteiger partial charge is 0.326 e. The molecule has 0 aliphatic heterocycles. The molecule has 0 aromatic heterocycles. The molecule has 0 radical (unpaired) electrons. The molecule has 18 nitrogen and oxygen atoms in total. The Bertz CT molecular complexity index is 1340. The maximum absolute atomic E-state index is 13.1. The predicted molar refractivity (Wildman–Crippen MR) is 242 cm³/mol. The van der Waals surface area contributed by atoms with Crippen molar-refractivity contribution in [2.45, 2.75) is 129 Å². The first-order valence-corrected chi connectivity index (χ1v) is 23.8. The number of ether oxygens (including phenoxy) is 2. The molecular formula is C42H76N6O12S2. The minimum Gasteiger partial charge on any atom is -0.481 e. The molecule has 0 saturated heterocycles. The molecule has 0 rings (SSSR count). The van der Waals surface area contributed by atoms with Crippen molar-refractivity contribution in [3.05, 3.63) is 0 Å². The van der Waals surface area contributed by atoms with Crippen molar-refractivity contribution in [1.82, 2.24) is 31.5 Å². The largest absolute Gasteiger partial charge is 0.481 e. The Morgan fingerprint density at radius 1 is 0.613 bits per heavy atom. The molecule has 7 N–H and O–H groups in total. The van der Waals surface area contributed by atoms with Gasteiger partial charge in [0.2, 0.25) is 35.4 Å². The Balaban J connectivity index is 4.23. The van der Waals surface area contributed by atoms with Gasteiger partial charge in [0.1, 0.15) is 6.04 Å². The van der Waals surface area contributed by atoms with Crippen molar-refractivity contribution in [3.8, 4) is 0 Å². The van der Waals surface area contributed by atoms with E-state index in [4.69, 9.17) is 14.6 Å². The fraction of sp³-hybridized carbons (Fsp3) is 0.810. The zero-order valence-corrected chi connectivity index (χ0v) is 39.7. The quantitative estimate of drug-likeness (QED) is 0.0440. The van der Waals surface area contributed by atoms with Gasteiger partial charge in [-0.3, -0.25) is 33.6 Å². The van der Waals surface area contributed by atoms with E-state index in [-0.39, 0.29) is 107 Å². The molecule has 0 aliphatic rings. The van der Waals surface area contributed by atoms with Crippen LogP contribution < -0.4 is 26.6 Å². The number of hydrogen-bond donors (Lipinski definition) is 7. The van der Waals surface area contributed by atoms with Crippen LogP contribution in [0.2, 0.25) is 0 Å². The second kappa shape index (κ2) is 34.8. The zero-order chi connectivity index (χ0) is 46.9. The van der Waals surface area contributed by atoms with Gasteiger partial charge in [-0.1, -0.05) is 61.3 Å². The number of carbonyl (C=O) groups is 8. The van der Waals surface area contributed by atoms with E-state index in [9.17, 15) is 43.5 Å². The van der Waals surface area contributed by atoms with Crippen LogP contribution >= 0.6 is 23.5 Å². The van der Waals surface area contributed by atoms with E-state index in [1.54, 1.807) is 18.7 Å². The Hall–Kier alpha value is -3.62. The van der Waals surface area contributed by atoms with E-state index in [1.807, 2.05) is 34.6 Å². The van der Waals surface area contributed by atoms with Crippen molar-refractivity contribution in [1.29, 1.82) is 0 Å². The van der Waals surface area contributed by atoms with Crippen LogP contribution in [-0.2, 0) is 47.8 Å². The summed E-state index contributed by atoms with van der Waals surface area (Å²) in [5.41, 5.74) is -1.01. The van der Waals surface area contributed by atoms with Crippen molar-refractivity contribution < 1.29 is 58.0 Å². The van der Waals surface area contributed by atoms with Gasteiger partial charge in [-0.15, -0.1) is 23.5 Å². The minimum absolute atomic E-state index is 0.000541. The van der Waals surface area contributed by atoms with Gasteiger partial charge in [0, 0.05) is 77.0 Å². The number of carboxylic acid groups (broad SMARTS) is 2. The van der Waals surface area contributed by atoms with Crippen molar-refractivity contribution in [2.24, 2.45) is 11.3 Å². The van der Waals surface area contributed by atoms with Crippen LogP contribution in [-0.4, -0.2) is 156 Å². The summed E-state index contributed by atoms with van der Waals surface area (Å²) in [5, 5.41) is 32.9. The van der Waals surface area contributed by atoms with E-state index >= 15 is 0 Å². The lowest BCUT2D eigenvalue weighted by Crippen LogP contribution is -2.46. The topological polar surface area (TPSA) is 259 Å². The Morgan fingerprint density at radius 2 is 1.16 bits per heavy atom. The van der Waals surface area contributed by atoms with Gasteiger partial charge in [0.05, 0.1) is 31.3 Å². The van der Waals surface area contributed by atoms with Crippen LogP contribution in [0.5, 0.6) is 0 Å². The summed E-state index contributed by atoms with van der Waals surface area (Å²) in [5.74, 6) is -2.77. The predicted octanol–water partition coefficient (Wildman–Crippen LogP) is 2.81. The maximum atomic E-state index is 13.1. The lowest BCUT2D eigenvalue weighted by atomic mass is 9.86. The SMILES string of the molecule is CC(CCOCCOCCC(=O)NCCCCC[C@H](NC(=O)C(C)(C)CCC(=O)O)C(=O)O)CNC(=O)CCC(=O)N(CCNC(=O)CSC(C)C)CCNC(=O)CSC(C)C. The summed E-state index contributed by atoms with van der Waals surface area (Å²) in [4.78, 5) is 98.6. The average Bonchev–Trinajstić information content (AvgIpc) is 3.20. The monoisotopic (exact) mass is 920 g/mol. The highest BCUT2D eigenvalue weighted by Crippen LogP contribution is 2.23. The van der Waals surface area contributed by atoms with Crippen LogP contribution in [0.3, 0.4) is 0 Å². The van der Waals surface area contributed by atoms with Crippen molar-refractivity contribution >= 4 is 70.9 Å². The highest BCUT2D eigenvalue weighted by molar-refractivity contribution is 8.00. The number of carboxylic acids is 2. The van der Waals surface area contributed by atoms with Gasteiger partial charge < -0.3 is 51.2 Å². The Labute approximate surface area is 377 Å². The molecule has 6 amide bonds. The van der Waals surface area contributed by atoms with Gasteiger partial charge in [0.25, 0.3) is 0 Å². The van der Waals surface area contributed by atoms with E-state index in [0.29, 0.717) is 80.6 Å². The number of aliphatic carboxylic acids is 2. The van der Waals surface area contributed by atoms with Crippen LogP contribution in [0, 0.1) is 11.3 Å². The molecule has 1 unspecified atom stereocenters. The first-order chi connectivity index (χ1) is 29.2. The molecular weight excluding hydrogens is 845 g/mol. The summed E-state index contributed by atoms with van der Waals surface area (Å²) >= 11 is 3.06. The molecule has 0 bridgehead atoms. The summed E-state index contributed by atoms with van der Waals surface area (Å²) in [6, 6.07) is -1.08. The zero-order valence-electron chi connectivity index (χ0n) is 38.1. The summed E-state index contributed by atoms with van der Waals surface area (Å²) < 4.78 is 11.1. The molecule has 2 atom stereocenters. The first-order valence-electron chi connectivity index (χ1n) is 21.7. The normalized spacial score (nSPS) is 12.3. The van der Waals surface area contributed by atoms with Crippen molar-refractivity contribution in [3.63, 3.8) is 0 Å². The second-order valence-corrected chi connectivity index (χ2v) is 19.4. The van der Waals surface area contributed by atoms with Gasteiger partial charge in [0.15, 0.2) is 0 Å². The number of nitrogens with one attached hydrogen (secondary N) is 5. The molecule has 0 fully saturated rings. The Kier molecular flexibility index (Phi) is 32.8. The van der Waals surface area contributed by atoms with Crippen LogP contribution in [0.25, 0.3) is 0 Å². The summed E-state index contributed by atoms with van der Waals surface area (Å²) in [6.07, 6.45) is 2.79. The lowest BCUT2D eigenvalue weighted by Gasteiger charge is -2.25. The fourth-order valence-corrected chi connectivity index (χ4v) is 6.52. The molecule has 0 aromatic carbocycles. The first kappa shape index (κ1) is 58.4.